The summed E-state index contributed by atoms with van der Waals surface area (Å²) in [5.41, 5.74) is -1.41. The fourth-order valence-electron chi connectivity index (χ4n) is 3.28. The van der Waals surface area contributed by atoms with Gasteiger partial charge in [0.05, 0.1) is 28.9 Å². The number of thiophene rings is 1. The van der Waals surface area contributed by atoms with Gasteiger partial charge in [-0.15, -0.1) is 11.3 Å². The highest BCUT2D eigenvalue weighted by molar-refractivity contribution is 7.20. The molecule has 0 saturated carbocycles. The summed E-state index contributed by atoms with van der Waals surface area (Å²) in [5, 5.41) is 2.50. The molecule has 1 N–H and O–H groups in total. The van der Waals surface area contributed by atoms with Crippen molar-refractivity contribution in [3.63, 3.8) is 0 Å². The minimum absolute atomic E-state index is 0.100. The first-order chi connectivity index (χ1) is 15.7. The fraction of sp³-hybridized carbons (Fsp3) is 0.130. The molecule has 170 valence electrons. The van der Waals surface area contributed by atoms with Gasteiger partial charge >= 0.3 is 6.18 Å². The number of halogens is 4. The van der Waals surface area contributed by atoms with Gasteiger partial charge in [0.25, 0.3) is 5.91 Å². The van der Waals surface area contributed by atoms with Crippen LogP contribution in [0.5, 0.6) is 0 Å². The number of alkyl halides is 3. The molecule has 0 spiro atoms. The van der Waals surface area contributed by atoms with Gasteiger partial charge in [-0.05, 0) is 42.5 Å². The molecule has 2 heterocycles. The van der Waals surface area contributed by atoms with E-state index < -0.39 is 41.6 Å². The zero-order valence-corrected chi connectivity index (χ0v) is 17.7. The molecule has 0 aliphatic heterocycles. The summed E-state index contributed by atoms with van der Waals surface area (Å²) < 4.78 is 59.6. The van der Waals surface area contributed by atoms with E-state index in [1.165, 1.54) is 36.6 Å². The molecule has 4 aromatic rings. The van der Waals surface area contributed by atoms with E-state index in [0.29, 0.717) is 10.5 Å². The predicted molar refractivity (Wildman–Crippen MR) is 115 cm³/mol. The molecule has 10 heteroatoms. The summed E-state index contributed by atoms with van der Waals surface area (Å²) in [6, 6.07) is 13.6. The largest absolute Gasteiger partial charge is 0.467 e. The Morgan fingerprint density at radius 3 is 2.52 bits per heavy atom. The topological polar surface area (TPSA) is 62.6 Å². The number of hydrogen-bond acceptors (Lipinski definition) is 4. The van der Waals surface area contributed by atoms with Crippen molar-refractivity contribution < 1.29 is 31.6 Å². The van der Waals surface area contributed by atoms with Crippen LogP contribution in [0.4, 0.5) is 23.2 Å². The molecule has 2 aromatic heterocycles. The molecule has 0 atom stereocenters. The summed E-state index contributed by atoms with van der Waals surface area (Å²) in [7, 11) is 0. The lowest BCUT2D eigenvalue weighted by molar-refractivity contribution is -0.137. The molecule has 33 heavy (non-hydrogen) atoms. The first-order valence-corrected chi connectivity index (χ1v) is 10.5. The Kier molecular flexibility index (Phi) is 6.19. The van der Waals surface area contributed by atoms with Crippen molar-refractivity contribution in [3.8, 4) is 0 Å². The number of carbonyl (C=O) groups is 2. The molecule has 2 aromatic carbocycles. The molecule has 0 saturated heterocycles. The van der Waals surface area contributed by atoms with Crippen LogP contribution in [-0.4, -0.2) is 23.3 Å². The molecule has 5 nitrogen and oxygen atoms in total. The molecule has 0 bridgehead atoms. The first kappa shape index (κ1) is 22.5. The number of benzene rings is 2. The predicted octanol–water partition coefficient (Wildman–Crippen LogP) is 5.93. The van der Waals surface area contributed by atoms with Gasteiger partial charge in [0.2, 0.25) is 5.91 Å². The third kappa shape index (κ3) is 5.06. The smallest absolute Gasteiger partial charge is 0.418 e. The number of hydrogen-bond donors (Lipinski definition) is 1. The zero-order valence-electron chi connectivity index (χ0n) is 16.9. The lowest BCUT2D eigenvalue weighted by atomic mass is 10.1. The number of para-hydroxylation sites is 1. The van der Waals surface area contributed by atoms with E-state index in [4.69, 9.17) is 4.42 Å². The van der Waals surface area contributed by atoms with Crippen molar-refractivity contribution in [2.75, 3.05) is 11.9 Å². The maximum absolute atomic E-state index is 14.1. The Balaban J connectivity index is 1.59. The van der Waals surface area contributed by atoms with Gasteiger partial charge in [0, 0.05) is 10.1 Å². The van der Waals surface area contributed by atoms with Crippen LogP contribution >= 0.6 is 11.3 Å². The van der Waals surface area contributed by atoms with Crippen LogP contribution < -0.4 is 5.32 Å². The number of furan rings is 1. The van der Waals surface area contributed by atoms with E-state index in [9.17, 15) is 27.2 Å². The van der Waals surface area contributed by atoms with Gasteiger partial charge in [-0.25, -0.2) is 4.39 Å². The van der Waals surface area contributed by atoms with E-state index in [1.807, 2.05) is 0 Å². The minimum atomic E-state index is -4.66. The van der Waals surface area contributed by atoms with Crippen LogP contribution in [0.25, 0.3) is 10.1 Å². The number of carbonyl (C=O) groups excluding carboxylic acids is 2. The second-order valence-corrected chi connectivity index (χ2v) is 8.18. The third-order valence-electron chi connectivity index (χ3n) is 4.77. The van der Waals surface area contributed by atoms with Crippen molar-refractivity contribution in [1.29, 1.82) is 0 Å². The Hall–Kier alpha value is -3.66. The van der Waals surface area contributed by atoms with Crippen LogP contribution in [0, 0.1) is 5.82 Å². The number of anilines is 1. The van der Waals surface area contributed by atoms with Gasteiger partial charge in [0.1, 0.15) is 18.1 Å². The summed E-state index contributed by atoms with van der Waals surface area (Å²) in [6.45, 7) is -0.640. The van der Waals surface area contributed by atoms with Crippen LogP contribution in [-0.2, 0) is 17.5 Å². The number of amides is 2. The SMILES string of the molecule is O=C(CN(Cc1ccco1)C(=O)c1cc2c(F)cccc2s1)Nc1ccccc1C(F)(F)F. The van der Waals surface area contributed by atoms with Gasteiger partial charge < -0.3 is 14.6 Å². The average Bonchev–Trinajstić information content (AvgIpc) is 3.43. The van der Waals surface area contributed by atoms with Crippen molar-refractivity contribution in [1.82, 2.24) is 4.90 Å². The molecule has 4 rings (SSSR count). The Morgan fingerprint density at radius 1 is 1.03 bits per heavy atom. The number of fused-ring (bicyclic) bond motifs is 1. The Labute approximate surface area is 189 Å². The molecule has 0 aliphatic carbocycles. The van der Waals surface area contributed by atoms with Gasteiger partial charge in [-0.2, -0.15) is 13.2 Å². The summed E-state index contributed by atoms with van der Waals surface area (Å²) in [4.78, 5) is 27.1. The van der Waals surface area contributed by atoms with E-state index in [1.54, 1.807) is 18.2 Å². The normalized spacial score (nSPS) is 11.5. The molecule has 0 aliphatic rings. The summed E-state index contributed by atoms with van der Waals surface area (Å²) in [6.07, 6.45) is -3.26. The van der Waals surface area contributed by atoms with E-state index in [-0.39, 0.29) is 16.8 Å². The standard InChI is InChI=1S/C23H16F4N2O3S/c24-17-7-3-9-19-15(17)11-20(33-19)22(31)29(12-14-5-4-10-32-14)13-21(30)28-18-8-2-1-6-16(18)23(25,26)27/h1-11H,12-13H2,(H,28,30). The van der Waals surface area contributed by atoms with Gasteiger partial charge in [-0.1, -0.05) is 18.2 Å². The highest BCUT2D eigenvalue weighted by atomic mass is 32.1. The van der Waals surface area contributed by atoms with Crippen molar-refractivity contribution in [3.05, 3.63) is 88.9 Å². The fourth-order valence-corrected chi connectivity index (χ4v) is 4.32. The lowest BCUT2D eigenvalue weighted by Gasteiger charge is -2.21. The minimum Gasteiger partial charge on any atom is -0.467 e. The molecule has 2 amide bonds. The molecular weight excluding hydrogens is 460 g/mol. The molecular formula is C23H16F4N2O3S. The number of nitrogens with one attached hydrogen (secondary N) is 1. The summed E-state index contributed by atoms with van der Waals surface area (Å²) in [5.74, 6) is -1.51. The highest BCUT2D eigenvalue weighted by Gasteiger charge is 2.34. The Bertz CT molecular complexity index is 1300. The second-order valence-electron chi connectivity index (χ2n) is 7.09. The summed E-state index contributed by atoms with van der Waals surface area (Å²) >= 11 is 1.06. The average molecular weight is 476 g/mol. The van der Waals surface area contributed by atoms with Crippen LogP contribution in [0.2, 0.25) is 0 Å². The van der Waals surface area contributed by atoms with Crippen LogP contribution in [0.3, 0.4) is 0 Å². The number of rotatable bonds is 6. The van der Waals surface area contributed by atoms with Crippen molar-refractivity contribution >= 4 is 38.9 Å². The Morgan fingerprint density at radius 2 is 1.82 bits per heavy atom. The van der Waals surface area contributed by atoms with Crippen LogP contribution in [0.1, 0.15) is 21.0 Å². The van der Waals surface area contributed by atoms with Crippen molar-refractivity contribution in [2.45, 2.75) is 12.7 Å². The maximum atomic E-state index is 14.1. The first-order valence-electron chi connectivity index (χ1n) is 9.68. The van der Waals surface area contributed by atoms with Crippen LogP contribution in [0.15, 0.2) is 71.3 Å². The lowest BCUT2D eigenvalue weighted by Crippen LogP contribution is -2.37. The van der Waals surface area contributed by atoms with Crippen molar-refractivity contribution in [2.24, 2.45) is 0 Å². The molecule has 0 radical (unpaired) electrons. The quantitative estimate of drug-likeness (QED) is 0.351. The van der Waals surface area contributed by atoms with Gasteiger partial charge in [0.15, 0.2) is 0 Å². The van der Waals surface area contributed by atoms with E-state index in [0.717, 1.165) is 28.4 Å². The molecule has 0 unspecified atom stereocenters. The molecule has 0 fully saturated rings. The van der Waals surface area contributed by atoms with Gasteiger partial charge in [-0.3, -0.25) is 9.59 Å². The third-order valence-corrected chi connectivity index (χ3v) is 5.86. The van der Waals surface area contributed by atoms with E-state index >= 15 is 0 Å². The monoisotopic (exact) mass is 476 g/mol. The zero-order chi connectivity index (χ0) is 23.6. The highest BCUT2D eigenvalue weighted by Crippen LogP contribution is 2.34. The second kappa shape index (κ2) is 9.07. The maximum Gasteiger partial charge on any atom is 0.418 e. The van der Waals surface area contributed by atoms with E-state index in [2.05, 4.69) is 5.32 Å². The number of nitrogens with zero attached hydrogens (tertiary/aromatic N) is 1.